The van der Waals surface area contributed by atoms with Gasteiger partial charge in [0.05, 0.1) is 12.4 Å². The van der Waals surface area contributed by atoms with Gasteiger partial charge in [-0.2, -0.15) is 0 Å². The smallest absolute Gasteiger partial charge is 0.224 e. The Labute approximate surface area is 178 Å². The first kappa shape index (κ1) is 22.6. The summed E-state index contributed by atoms with van der Waals surface area (Å²) in [7, 11) is -3.15. The number of ether oxygens (including phenoxy) is 1. The lowest BCUT2D eigenvalue weighted by atomic mass is 10.0. The van der Waals surface area contributed by atoms with Gasteiger partial charge in [0.2, 0.25) is 21.8 Å². The summed E-state index contributed by atoms with van der Waals surface area (Å²) >= 11 is 0. The summed E-state index contributed by atoms with van der Waals surface area (Å²) in [4.78, 5) is 23.6. The zero-order valence-corrected chi connectivity index (χ0v) is 18.3. The maximum Gasteiger partial charge on any atom is 0.224 e. The number of hydrogen-bond acceptors (Lipinski definition) is 5. The molecule has 0 aromatic heterocycles. The predicted octanol–water partition coefficient (Wildman–Crippen LogP) is 2.05. The van der Waals surface area contributed by atoms with E-state index in [4.69, 9.17) is 4.74 Å². The topological polar surface area (TPSA) is 105 Å². The van der Waals surface area contributed by atoms with Gasteiger partial charge < -0.3 is 15.4 Å². The van der Waals surface area contributed by atoms with Gasteiger partial charge >= 0.3 is 0 Å². The highest BCUT2D eigenvalue weighted by Gasteiger charge is 2.27. The summed E-state index contributed by atoms with van der Waals surface area (Å²) in [5.41, 5.74) is 1.91. The minimum atomic E-state index is -3.15. The van der Waals surface area contributed by atoms with Crippen molar-refractivity contribution in [2.75, 3.05) is 30.8 Å². The number of anilines is 1. The summed E-state index contributed by atoms with van der Waals surface area (Å²) in [6, 6.07) is 5.64. The Morgan fingerprint density at radius 1 is 1.27 bits per heavy atom. The number of piperidine rings is 1. The highest BCUT2D eigenvalue weighted by atomic mass is 32.2. The third-order valence-corrected chi connectivity index (χ3v) is 7.54. The zero-order valence-electron chi connectivity index (χ0n) is 17.5. The molecular formula is C21H31N3O5S. The predicted molar refractivity (Wildman–Crippen MR) is 115 cm³/mol. The molecule has 0 bridgehead atoms. The minimum absolute atomic E-state index is 0.0263. The molecule has 3 rings (SSSR count). The van der Waals surface area contributed by atoms with Crippen LogP contribution >= 0.6 is 0 Å². The number of sulfonamides is 1. The van der Waals surface area contributed by atoms with Crippen molar-refractivity contribution in [2.45, 2.75) is 57.9 Å². The standard InChI is InChI=1S/C21H31N3O5S/c1-2-14-30(27,28)24-11-9-17(10-12-24)22-20(25)4-3-13-29-18-6-7-19-16(15-18)5-8-21(26)23-19/h6-7,15,17H,2-5,8-14H2,1H3,(H,22,25)(H,23,26). The Kier molecular flexibility index (Phi) is 7.71. The molecule has 2 heterocycles. The Balaban J connectivity index is 1.34. The van der Waals surface area contributed by atoms with Crippen molar-refractivity contribution < 1.29 is 22.7 Å². The molecule has 8 nitrogen and oxygen atoms in total. The fourth-order valence-electron chi connectivity index (χ4n) is 3.84. The van der Waals surface area contributed by atoms with Gasteiger partial charge in [-0.25, -0.2) is 12.7 Å². The minimum Gasteiger partial charge on any atom is -0.494 e. The molecule has 9 heteroatoms. The summed E-state index contributed by atoms with van der Waals surface area (Å²) in [6.07, 6.45) is 4.08. The normalized spacial score (nSPS) is 17.8. The Bertz CT molecular complexity index is 863. The molecule has 2 aliphatic rings. The second-order valence-corrected chi connectivity index (χ2v) is 9.96. The maximum absolute atomic E-state index is 12.2. The van der Waals surface area contributed by atoms with E-state index in [0.717, 1.165) is 17.0 Å². The SMILES string of the molecule is CCCS(=O)(=O)N1CCC(NC(=O)CCCOc2ccc3c(c2)CCC(=O)N3)CC1. The molecule has 166 valence electrons. The van der Waals surface area contributed by atoms with Crippen LogP contribution in [0.3, 0.4) is 0 Å². The number of fused-ring (bicyclic) bond motifs is 1. The van der Waals surface area contributed by atoms with Crippen molar-refractivity contribution in [3.63, 3.8) is 0 Å². The average Bonchev–Trinajstić information content (AvgIpc) is 2.71. The first-order valence-corrected chi connectivity index (χ1v) is 12.3. The van der Waals surface area contributed by atoms with Gasteiger partial charge in [0.1, 0.15) is 5.75 Å². The molecule has 0 atom stereocenters. The number of nitrogens with one attached hydrogen (secondary N) is 2. The average molecular weight is 438 g/mol. The van der Waals surface area contributed by atoms with Crippen LogP contribution in [0.5, 0.6) is 5.75 Å². The van der Waals surface area contributed by atoms with E-state index in [1.165, 1.54) is 4.31 Å². The van der Waals surface area contributed by atoms with Gasteiger partial charge in [0, 0.05) is 37.7 Å². The molecule has 0 saturated carbocycles. The van der Waals surface area contributed by atoms with Gasteiger partial charge in [-0.3, -0.25) is 9.59 Å². The molecular weight excluding hydrogens is 406 g/mol. The Hall–Kier alpha value is -2.13. The first-order chi connectivity index (χ1) is 14.4. The van der Waals surface area contributed by atoms with Gasteiger partial charge in [-0.1, -0.05) is 6.92 Å². The number of rotatable bonds is 9. The number of amides is 2. The number of carbonyl (C=O) groups excluding carboxylic acids is 2. The molecule has 0 unspecified atom stereocenters. The van der Waals surface area contributed by atoms with E-state index in [1.54, 1.807) is 0 Å². The zero-order chi connectivity index (χ0) is 21.6. The fraction of sp³-hybridized carbons (Fsp3) is 0.619. The lowest BCUT2D eigenvalue weighted by Gasteiger charge is -2.31. The Morgan fingerprint density at radius 3 is 2.77 bits per heavy atom. The number of hydrogen-bond donors (Lipinski definition) is 2. The van der Waals surface area contributed by atoms with E-state index in [-0.39, 0.29) is 23.6 Å². The van der Waals surface area contributed by atoms with Gasteiger partial charge in [-0.15, -0.1) is 0 Å². The highest BCUT2D eigenvalue weighted by molar-refractivity contribution is 7.89. The fourth-order valence-corrected chi connectivity index (χ4v) is 5.38. The molecule has 30 heavy (non-hydrogen) atoms. The van der Waals surface area contributed by atoms with Crippen LogP contribution in [-0.4, -0.2) is 56.0 Å². The number of carbonyl (C=O) groups is 2. The van der Waals surface area contributed by atoms with Crippen molar-refractivity contribution in [2.24, 2.45) is 0 Å². The molecule has 0 aliphatic carbocycles. The quantitative estimate of drug-likeness (QED) is 0.576. The summed E-state index contributed by atoms with van der Waals surface area (Å²) in [5, 5.41) is 5.85. The van der Waals surface area contributed by atoms with E-state index >= 15 is 0 Å². The lowest BCUT2D eigenvalue weighted by Crippen LogP contribution is -2.47. The van der Waals surface area contributed by atoms with E-state index in [2.05, 4.69) is 10.6 Å². The van der Waals surface area contributed by atoms with Gasteiger partial charge in [-0.05, 0) is 55.9 Å². The van der Waals surface area contributed by atoms with Crippen LogP contribution in [0.2, 0.25) is 0 Å². The summed E-state index contributed by atoms with van der Waals surface area (Å²) in [5.74, 6) is 0.936. The van der Waals surface area contributed by atoms with Crippen LogP contribution in [-0.2, 0) is 26.0 Å². The maximum atomic E-state index is 12.2. The van der Waals surface area contributed by atoms with E-state index < -0.39 is 10.0 Å². The molecule has 1 fully saturated rings. The molecule has 1 aromatic rings. The summed E-state index contributed by atoms with van der Waals surface area (Å²) in [6.45, 7) is 3.23. The Morgan fingerprint density at radius 2 is 2.03 bits per heavy atom. The van der Waals surface area contributed by atoms with Crippen LogP contribution in [0, 0.1) is 0 Å². The van der Waals surface area contributed by atoms with Crippen LogP contribution in [0.4, 0.5) is 5.69 Å². The van der Waals surface area contributed by atoms with Crippen LogP contribution < -0.4 is 15.4 Å². The third kappa shape index (κ3) is 6.18. The number of benzene rings is 1. The number of aryl methyl sites for hydroxylation is 1. The molecule has 0 spiro atoms. The van der Waals surface area contributed by atoms with Crippen LogP contribution in [0.1, 0.15) is 51.0 Å². The van der Waals surface area contributed by atoms with E-state index in [1.807, 2.05) is 25.1 Å². The first-order valence-electron chi connectivity index (χ1n) is 10.7. The third-order valence-electron chi connectivity index (χ3n) is 5.46. The molecule has 2 aliphatic heterocycles. The molecule has 2 amide bonds. The second-order valence-electron chi connectivity index (χ2n) is 7.88. The van der Waals surface area contributed by atoms with Crippen molar-refractivity contribution in [1.82, 2.24) is 9.62 Å². The van der Waals surface area contributed by atoms with Crippen molar-refractivity contribution in [1.29, 1.82) is 0 Å². The highest BCUT2D eigenvalue weighted by Crippen LogP contribution is 2.26. The number of nitrogens with zero attached hydrogens (tertiary/aromatic N) is 1. The van der Waals surface area contributed by atoms with Crippen LogP contribution in [0.25, 0.3) is 0 Å². The van der Waals surface area contributed by atoms with Crippen LogP contribution in [0.15, 0.2) is 18.2 Å². The van der Waals surface area contributed by atoms with Gasteiger partial charge in [0.25, 0.3) is 0 Å². The molecule has 0 radical (unpaired) electrons. The summed E-state index contributed by atoms with van der Waals surface area (Å²) < 4.78 is 31.5. The van der Waals surface area contributed by atoms with Crippen molar-refractivity contribution in [3.8, 4) is 5.75 Å². The molecule has 2 N–H and O–H groups in total. The van der Waals surface area contributed by atoms with E-state index in [9.17, 15) is 18.0 Å². The largest absolute Gasteiger partial charge is 0.494 e. The second kappa shape index (κ2) is 10.3. The van der Waals surface area contributed by atoms with Crippen molar-refractivity contribution >= 4 is 27.5 Å². The van der Waals surface area contributed by atoms with Crippen molar-refractivity contribution in [3.05, 3.63) is 23.8 Å². The molecule has 1 saturated heterocycles. The molecule has 1 aromatic carbocycles. The monoisotopic (exact) mass is 437 g/mol. The lowest BCUT2D eigenvalue weighted by molar-refractivity contribution is -0.122. The van der Waals surface area contributed by atoms with Gasteiger partial charge in [0.15, 0.2) is 0 Å². The van der Waals surface area contributed by atoms with E-state index in [0.29, 0.717) is 64.6 Å².